The number of aliphatic hydroxyl groups excluding tert-OH is 1. The predicted molar refractivity (Wildman–Crippen MR) is 63.2 cm³/mol. The van der Waals surface area contributed by atoms with Crippen LogP contribution in [0.5, 0.6) is 0 Å². The molecule has 1 aromatic carbocycles. The average molecular weight is 233 g/mol. The largest absolute Gasteiger partial charge is 0.392 e. The van der Waals surface area contributed by atoms with Crippen molar-refractivity contribution in [3.05, 3.63) is 29.8 Å². The summed E-state index contributed by atoms with van der Waals surface area (Å²) in [6.07, 6.45) is 0. The van der Waals surface area contributed by atoms with Gasteiger partial charge < -0.3 is 5.11 Å². The Morgan fingerprint density at radius 2 is 1.53 bits per heavy atom. The monoisotopic (exact) mass is 233 g/mol. The minimum absolute atomic E-state index is 0.0466. The highest BCUT2D eigenvalue weighted by Crippen LogP contribution is 2.30. The van der Waals surface area contributed by atoms with E-state index in [-0.39, 0.29) is 30.3 Å². The van der Waals surface area contributed by atoms with Crippen LogP contribution in [0, 0.1) is 11.8 Å². The molecule has 1 saturated heterocycles. The smallest absolute Gasteiger partial charge is 0.237 e. The molecule has 0 aromatic heterocycles. The van der Waals surface area contributed by atoms with Gasteiger partial charge >= 0.3 is 0 Å². The number of benzene rings is 1. The van der Waals surface area contributed by atoms with Crippen LogP contribution in [-0.4, -0.2) is 16.9 Å². The van der Waals surface area contributed by atoms with Crippen molar-refractivity contribution in [3.8, 4) is 0 Å². The second kappa shape index (κ2) is 4.30. The van der Waals surface area contributed by atoms with Gasteiger partial charge in [0.15, 0.2) is 0 Å². The maximum Gasteiger partial charge on any atom is 0.237 e. The Bertz CT molecular complexity index is 432. The molecule has 2 amide bonds. The van der Waals surface area contributed by atoms with E-state index in [0.717, 1.165) is 5.56 Å². The molecule has 1 aliphatic heterocycles. The fourth-order valence-electron chi connectivity index (χ4n) is 1.95. The normalized spacial score (nSPS) is 24.5. The van der Waals surface area contributed by atoms with Crippen LogP contribution >= 0.6 is 0 Å². The van der Waals surface area contributed by atoms with Gasteiger partial charge in [-0.05, 0) is 17.7 Å². The van der Waals surface area contributed by atoms with Crippen molar-refractivity contribution in [1.29, 1.82) is 0 Å². The molecule has 1 aliphatic rings. The molecule has 90 valence electrons. The van der Waals surface area contributed by atoms with Crippen LogP contribution in [0.15, 0.2) is 24.3 Å². The van der Waals surface area contributed by atoms with Gasteiger partial charge in [0.1, 0.15) is 0 Å². The van der Waals surface area contributed by atoms with Crippen LogP contribution in [0.2, 0.25) is 0 Å². The van der Waals surface area contributed by atoms with Gasteiger partial charge in [-0.3, -0.25) is 14.5 Å². The minimum atomic E-state index is -0.264. The summed E-state index contributed by atoms with van der Waals surface area (Å²) in [5.41, 5.74) is 1.34. The fourth-order valence-corrected chi connectivity index (χ4v) is 1.95. The second-order valence-electron chi connectivity index (χ2n) is 4.41. The molecule has 4 heteroatoms. The van der Waals surface area contributed by atoms with Crippen molar-refractivity contribution in [2.75, 3.05) is 4.90 Å². The Kier molecular flexibility index (Phi) is 2.98. The maximum atomic E-state index is 11.9. The zero-order chi connectivity index (χ0) is 12.6. The van der Waals surface area contributed by atoms with E-state index in [4.69, 9.17) is 5.11 Å². The Hall–Kier alpha value is -1.68. The quantitative estimate of drug-likeness (QED) is 0.784. The molecule has 0 radical (unpaired) electrons. The van der Waals surface area contributed by atoms with Gasteiger partial charge in [-0.15, -0.1) is 0 Å². The molecular formula is C13H15NO3. The third kappa shape index (κ3) is 1.85. The molecule has 2 rings (SSSR count). The van der Waals surface area contributed by atoms with E-state index >= 15 is 0 Å². The van der Waals surface area contributed by atoms with Crippen molar-refractivity contribution in [2.45, 2.75) is 20.5 Å². The summed E-state index contributed by atoms with van der Waals surface area (Å²) in [5.74, 6) is -0.835. The van der Waals surface area contributed by atoms with Crippen molar-refractivity contribution in [3.63, 3.8) is 0 Å². The summed E-state index contributed by atoms with van der Waals surface area (Å²) >= 11 is 0. The number of aliphatic hydroxyl groups is 1. The number of anilines is 1. The van der Waals surface area contributed by atoms with E-state index in [1.807, 2.05) is 0 Å². The van der Waals surface area contributed by atoms with Gasteiger partial charge in [0, 0.05) is 11.8 Å². The molecule has 17 heavy (non-hydrogen) atoms. The van der Waals surface area contributed by atoms with Crippen molar-refractivity contribution >= 4 is 17.5 Å². The molecular weight excluding hydrogens is 218 g/mol. The van der Waals surface area contributed by atoms with E-state index in [2.05, 4.69) is 0 Å². The number of amides is 2. The van der Waals surface area contributed by atoms with Crippen molar-refractivity contribution in [2.24, 2.45) is 11.8 Å². The Morgan fingerprint density at radius 1 is 1.06 bits per heavy atom. The molecule has 1 N–H and O–H groups in total. The first-order valence-electron chi connectivity index (χ1n) is 5.64. The van der Waals surface area contributed by atoms with E-state index in [1.165, 1.54) is 4.90 Å². The van der Waals surface area contributed by atoms with Gasteiger partial charge in [0.25, 0.3) is 0 Å². The molecule has 4 nitrogen and oxygen atoms in total. The number of imide groups is 1. The summed E-state index contributed by atoms with van der Waals surface area (Å²) in [7, 11) is 0. The first kappa shape index (κ1) is 11.8. The molecule has 0 spiro atoms. The van der Waals surface area contributed by atoms with Crippen LogP contribution in [0.25, 0.3) is 0 Å². The van der Waals surface area contributed by atoms with Gasteiger partial charge in [0.05, 0.1) is 12.3 Å². The van der Waals surface area contributed by atoms with E-state index in [0.29, 0.717) is 5.69 Å². The zero-order valence-corrected chi connectivity index (χ0v) is 9.88. The lowest BCUT2D eigenvalue weighted by Crippen LogP contribution is -2.30. The lowest BCUT2D eigenvalue weighted by Gasteiger charge is -2.14. The molecule has 2 atom stereocenters. The number of nitrogens with zero attached hydrogens (tertiary/aromatic N) is 1. The molecule has 0 saturated carbocycles. The number of carbonyl (C=O) groups excluding carboxylic acids is 2. The van der Waals surface area contributed by atoms with Crippen molar-refractivity contribution in [1.82, 2.24) is 0 Å². The van der Waals surface area contributed by atoms with E-state index in [9.17, 15) is 9.59 Å². The lowest BCUT2D eigenvalue weighted by atomic mass is 10.00. The summed E-state index contributed by atoms with van der Waals surface area (Å²) in [6, 6.07) is 6.80. The summed E-state index contributed by atoms with van der Waals surface area (Å²) in [6.45, 7) is 3.50. The highest BCUT2D eigenvalue weighted by Gasteiger charge is 2.42. The number of carbonyl (C=O) groups is 2. The second-order valence-corrected chi connectivity index (χ2v) is 4.41. The molecule has 2 unspecified atom stereocenters. The molecule has 1 heterocycles. The van der Waals surface area contributed by atoms with Crippen LogP contribution in [0.1, 0.15) is 19.4 Å². The summed E-state index contributed by atoms with van der Waals surface area (Å²) in [5, 5.41) is 8.93. The van der Waals surface area contributed by atoms with Crippen LogP contribution in [-0.2, 0) is 16.2 Å². The molecule has 0 aliphatic carbocycles. The summed E-state index contributed by atoms with van der Waals surface area (Å²) < 4.78 is 0. The first-order valence-corrected chi connectivity index (χ1v) is 5.64. The van der Waals surface area contributed by atoms with Gasteiger partial charge in [-0.25, -0.2) is 0 Å². The molecule has 1 fully saturated rings. The number of hydrogen-bond acceptors (Lipinski definition) is 3. The number of hydrogen-bond donors (Lipinski definition) is 1. The fraction of sp³-hybridized carbons (Fsp3) is 0.385. The van der Waals surface area contributed by atoms with Crippen molar-refractivity contribution < 1.29 is 14.7 Å². The Morgan fingerprint density at radius 3 is 1.94 bits per heavy atom. The third-order valence-electron chi connectivity index (χ3n) is 3.35. The first-order chi connectivity index (χ1) is 8.06. The Balaban J connectivity index is 2.33. The van der Waals surface area contributed by atoms with Crippen LogP contribution in [0.3, 0.4) is 0 Å². The SMILES string of the molecule is CC1C(=O)N(c2ccc(CO)cc2)C(=O)C1C. The zero-order valence-electron chi connectivity index (χ0n) is 9.88. The average Bonchev–Trinajstić information content (AvgIpc) is 2.54. The topological polar surface area (TPSA) is 57.6 Å². The standard InChI is InChI=1S/C13H15NO3/c1-8-9(2)13(17)14(12(8)16)11-5-3-10(7-15)4-6-11/h3-6,8-9,15H,7H2,1-2H3. The summed E-state index contributed by atoms with van der Waals surface area (Å²) in [4.78, 5) is 25.1. The maximum absolute atomic E-state index is 11.9. The Labute approximate surface area is 99.9 Å². The lowest BCUT2D eigenvalue weighted by molar-refractivity contribution is -0.122. The van der Waals surface area contributed by atoms with E-state index in [1.54, 1.807) is 38.1 Å². The predicted octanol–water partition coefficient (Wildman–Crippen LogP) is 1.32. The van der Waals surface area contributed by atoms with E-state index < -0.39 is 0 Å². The highest BCUT2D eigenvalue weighted by molar-refractivity contribution is 6.21. The van der Waals surface area contributed by atoms with Crippen LogP contribution in [0.4, 0.5) is 5.69 Å². The third-order valence-corrected chi connectivity index (χ3v) is 3.35. The highest BCUT2D eigenvalue weighted by atomic mass is 16.3. The van der Waals surface area contributed by atoms with Gasteiger partial charge in [0.2, 0.25) is 11.8 Å². The molecule has 1 aromatic rings. The molecule has 0 bridgehead atoms. The minimum Gasteiger partial charge on any atom is -0.392 e. The van der Waals surface area contributed by atoms with Gasteiger partial charge in [-0.2, -0.15) is 0 Å². The number of rotatable bonds is 2. The van der Waals surface area contributed by atoms with Gasteiger partial charge in [-0.1, -0.05) is 26.0 Å². The van der Waals surface area contributed by atoms with Crippen LogP contribution < -0.4 is 4.90 Å².